The number of hydrogen-bond acceptors (Lipinski definition) is 9. The first-order valence-corrected chi connectivity index (χ1v) is 14.7. The van der Waals surface area contributed by atoms with Crippen LogP contribution in [0, 0.1) is 0 Å². The number of nitrogens with one attached hydrogen (secondary N) is 2. The van der Waals surface area contributed by atoms with Gasteiger partial charge in [0.25, 0.3) is 5.91 Å². The summed E-state index contributed by atoms with van der Waals surface area (Å²) in [4.78, 5) is 26.9. The lowest BCUT2D eigenvalue weighted by Gasteiger charge is -2.16. The molecule has 0 bridgehead atoms. The number of para-hydroxylation sites is 1. The Balaban J connectivity index is 1.07. The van der Waals surface area contributed by atoms with Crippen LogP contribution in [0.5, 0.6) is 0 Å². The maximum atomic E-state index is 12.5. The van der Waals surface area contributed by atoms with Crippen LogP contribution in [0.1, 0.15) is 29.5 Å². The minimum atomic E-state index is -1.37. The fourth-order valence-electron chi connectivity index (χ4n) is 5.36. The maximum Gasteiger partial charge on any atom is 0.252 e. The van der Waals surface area contributed by atoms with Gasteiger partial charge in [-0.25, -0.2) is 15.0 Å². The van der Waals surface area contributed by atoms with E-state index in [1.165, 1.54) is 33.0 Å². The van der Waals surface area contributed by atoms with Gasteiger partial charge in [0.15, 0.2) is 29.3 Å². The van der Waals surface area contributed by atoms with Gasteiger partial charge in [-0.2, -0.15) is 0 Å². The summed E-state index contributed by atoms with van der Waals surface area (Å²) in [5, 5.41) is 28.6. The number of rotatable bonds is 9. The minimum Gasteiger partial charge on any atom is -0.387 e. The van der Waals surface area contributed by atoms with Crippen molar-refractivity contribution in [1.82, 2.24) is 29.4 Å². The second kappa shape index (κ2) is 10.7. The summed E-state index contributed by atoms with van der Waals surface area (Å²) >= 11 is 7.73. The van der Waals surface area contributed by atoms with E-state index in [-0.39, 0.29) is 6.04 Å². The smallest absolute Gasteiger partial charge is 0.252 e. The zero-order chi connectivity index (χ0) is 28.1. The van der Waals surface area contributed by atoms with Crippen LogP contribution < -0.4 is 10.6 Å². The highest BCUT2D eigenvalue weighted by molar-refractivity contribution is 7.16. The van der Waals surface area contributed by atoms with Gasteiger partial charge in [0, 0.05) is 34.6 Å². The van der Waals surface area contributed by atoms with E-state index in [1.807, 2.05) is 18.2 Å². The average molecular weight is 594 g/mol. The predicted molar refractivity (Wildman–Crippen MR) is 155 cm³/mol. The van der Waals surface area contributed by atoms with Crippen molar-refractivity contribution >= 4 is 56.7 Å². The monoisotopic (exact) mass is 593 g/mol. The molecule has 1 saturated carbocycles. The third-order valence-electron chi connectivity index (χ3n) is 7.57. The largest absolute Gasteiger partial charge is 0.387 e. The zero-order valence-corrected chi connectivity index (χ0v) is 23.4. The number of thiophene rings is 1. The molecule has 1 amide bonds. The molecule has 212 valence electrons. The van der Waals surface area contributed by atoms with Gasteiger partial charge < -0.3 is 30.2 Å². The number of anilines is 1. The molecule has 2 aliphatic rings. The van der Waals surface area contributed by atoms with Gasteiger partial charge in [-0.3, -0.25) is 9.36 Å². The number of carbonyl (C=O) groups is 1. The molecule has 11 nitrogen and oxygen atoms in total. The van der Waals surface area contributed by atoms with E-state index < -0.39 is 30.4 Å². The van der Waals surface area contributed by atoms with Crippen molar-refractivity contribution in [1.29, 1.82) is 0 Å². The van der Waals surface area contributed by atoms with E-state index in [0.717, 1.165) is 35.7 Å². The number of fused-ring (bicyclic) bond motifs is 2. The lowest BCUT2D eigenvalue weighted by atomic mass is 10.1. The molecule has 41 heavy (non-hydrogen) atoms. The molecule has 0 radical (unpaired) electrons. The van der Waals surface area contributed by atoms with Crippen molar-refractivity contribution in [3.8, 4) is 0 Å². The Morgan fingerprint density at radius 1 is 1.12 bits per heavy atom. The molecule has 5 heterocycles. The first-order valence-electron chi connectivity index (χ1n) is 13.5. The summed E-state index contributed by atoms with van der Waals surface area (Å²) in [6.45, 7) is 1.35. The van der Waals surface area contributed by atoms with Crippen LogP contribution in [-0.2, 0) is 22.5 Å². The normalized spacial score (nSPS) is 22.5. The average Bonchev–Trinajstić information content (AvgIpc) is 3.25. The molecule has 4 N–H and O–H groups in total. The highest BCUT2D eigenvalue weighted by Crippen LogP contribution is 2.33. The SMILES string of the molecule is O=C(NC1CC1)[C@H]1OC(n2cnc3c(NCCc4cn(Cc5ccc(Cl)s5)c5ccccc45)ncnc32)[C@H](O)[C@@H]1O. The van der Waals surface area contributed by atoms with Gasteiger partial charge in [-0.1, -0.05) is 29.8 Å². The molecule has 1 saturated heterocycles. The summed E-state index contributed by atoms with van der Waals surface area (Å²) < 4.78 is 10.4. The number of hydrogen-bond donors (Lipinski definition) is 4. The first kappa shape index (κ1) is 26.4. The maximum absolute atomic E-state index is 12.5. The lowest BCUT2D eigenvalue weighted by Crippen LogP contribution is -2.43. The van der Waals surface area contributed by atoms with Gasteiger partial charge in [0.1, 0.15) is 18.5 Å². The second-order valence-electron chi connectivity index (χ2n) is 10.4. The van der Waals surface area contributed by atoms with E-state index >= 15 is 0 Å². The number of carbonyl (C=O) groups excluding carboxylic acids is 1. The van der Waals surface area contributed by atoms with E-state index in [9.17, 15) is 15.0 Å². The molecule has 1 aliphatic carbocycles. The highest BCUT2D eigenvalue weighted by atomic mass is 35.5. The molecule has 1 aliphatic heterocycles. The number of amides is 1. The number of halogens is 1. The van der Waals surface area contributed by atoms with Crippen molar-refractivity contribution in [2.45, 2.75) is 56.4 Å². The number of aromatic nitrogens is 5. The van der Waals surface area contributed by atoms with Gasteiger partial charge in [0.05, 0.1) is 17.2 Å². The number of imidazole rings is 1. The Kier molecular flexibility index (Phi) is 6.87. The van der Waals surface area contributed by atoms with E-state index in [2.05, 4.69) is 54.5 Å². The Morgan fingerprint density at radius 3 is 2.78 bits per heavy atom. The van der Waals surface area contributed by atoms with Crippen molar-refractivity contribution in [2.24, 2.45) is 0 Å². The van der Waals surface area contributed by atoms with Crippen LogP contribution in [0.15, 0.2) is 55.2 Å². The van der Waals surface area contributed by atoms with Crippen molar-refractivity contribution in [3.05, 3.63) is 70.0 Å². The summed E-state index contributed by atoms with van der Waals surface area (Å²) in [6.07, 6.45) is 2.77. The minimum absolute atomic E-state index is 0.113. The topological polar surface area (TPSA) is 139 Å². The van der Waals surface area contributed by atoms with Crippen molar-refractivity contribution in [3.63, 3.8) is 0 Å². The van der Waals surface area contributed by atoms with Gasteiger partial charge >= 0.3 is 0 Å². The number of ether oxygens (including phenoxy) is 1. The fourth-order valence-corrected chi connectivity index (χ4v) is 6.44. The van der Waals surface area contributed by atoms with Crippen molar-refractivity contribution < 1.29 is 19.7 Å². The number of aliphatic hydroxyl groups excluding tert-OH is 2. The summed E-state index contributed by atoms with van der Waals surface area (Å²) in [5.41, 5.74) is 3.30. The zero-order valence-electron chi connectivity index (χ0n) is 21.9. The Hall–Kier alpha value is -3.55. The van der Waals surface area contributed by atoms with Gasteiger partial charge in [-0.15, -0.1) is 11.3 Å². The molecule has 4 aromatic heterocycles. The fraction of sp³-hybridized carbons (Fsp3) is 0.357. The molecule has 2 fully saturated rings. The Labute approximate surface area is 243 Å². The Morgan fingerprint density at radius 2 is 1.98 bits per heavy atom. The Bertz CT molecular complexity index is 1730. The number of benzene rings is 1. The van der Waals surface area contributed by atoms with Gasteiger partial charge in [-0.05, 0) is 43.0 Å². The van der Waals surface area contributed by atoms with Crippen LogP contribution in [0.25, 0.3) is 22.1 Å². The molecule has 1 aromatic carbocycles. The summed E-state index contributed by atoms with van der Waals surface area (Å²) in [7, 11) is 0. The third kappa shape index (κ3) is 5.06. The quantitative estimate of drug-likeness (QED) is 0.204. The molecule has 4 atom stereocenters. The lowest BCUT2D eigenvalue weighted by molar-refractivity contribution is -0.137. The van der Waals surface area contributed by atoms with Crippen LogP contribution in [0.4, 0.5) is 5.82 Å². The summed E-state index contributed by atoms with van der Waals surface area (Å²) in [5.74, 6) is 0.116. The van der Waals surface area contributed by atoms with E-state index in [0.29, 0.717) is 23.5 Å². The molecular formula is C28H28ClN7O4S. The molecule has 5 aromatic rings. The first-order chi connectivity index (χ1) is 20.0. The standard InChI is InChI=1S/C28H28ClN7O4S/c29-20-8-7-17(41-20)12-35-11-15(18-3-1-2-4-19(18)35)9-10-30-25-21-26(32-13-31-25)36(14-33-21)28-23(38)22(37)24(40-28)27(39)34-16-5-6-16/h1-4,7-8,11,13-14,16,22-24,28,37-38H,5-6,9-10,12H2,(H,34,39)(H,30,31,32)/t22-,23+,24-,28?/m0/s1. The van der Waals surface area contributed by atoms with Crippen LogP contribution in [-0.4, -0.2) is 71.1 Å². The molecular weight excluding hydrogens is 566 g/mol. The van der Waals surface area contributed by atoms with Crippen LogP contribution in [0.3, 0.4) is 0 Å². The van der Waals surface area contributed by atoms with E-state index in [1.54, 1.807) is 11.3 Å². The van der Waals surface area contributed by atoms with Crippen LogP contribution >= 0.6 is 22.9 Å². The predicted octanol–water partition coefficient (Wildman–Crippen LogP) is 3.10. The third-order valence-corrected chi connectivity index (χ3v) is 8.78. The number of aliphatic hydroxyl groups is 2. The summed E-state index contributed by atoms with van der Waals surface area (Å²) in [6, 6.07) is 12.4. The van der Waals surface area contributed by atoms with Crippen LogP contribution in [0.2, 0.25) is 4.34 Å². The van der Waals surface area contributed by atoms with Crippen molar-refractivity contribution in [2.75, 3.05) is 11.9 Å². The number of nitrogens with zero attached hydrogens (tertiary/aromatic N) is 5. The molecule has 0 spiro atoms. The van der Waals surface area contributed by atoms with Gasteiger partial charge in [0.2, 0.25) is 0 Å². The molecule has 13 heteroatoms. The molecule has 1 unspecified atom stereocenters. The van der Waals surface area contributed by atoms with E-state index in [4.69, 9.17) is 16.3 Å². The highest BCUT2D eigenvalue weighted by Gasteiger charge is 2.48. The molecule has 7 rings (SSSR count). The second-order valence-corrected chi connectivity index (χ2v) is 12.2.